The summed E-state index contributed by atoms with van der Waals surface area (Å²) in [4.78, 5) is 13.5. The van der Waals surface area contributed by atoms with E-state index >= 15 is 0 Å². The van der Waals surface area contributed by atoms with Crippen LogP contribution in [0, 0.1) is 6.92 Å². The van der Waals surface area contributed by atoms with Gasteiger partial charge in [-0.25, -0.2) is 4.79 Å². The maximum atomic E-state index is 12.0. The third-order valence-corrected chi connectivity index (χ3v) is 5.16. The lowest BCUT2D eigenvalue weighted by Crippen LogP contribution is -2.41. The predicted molar refractivity (Wildman–Crippen MR) is 105 cm³/mol. The van der Waals surface area contributed by atoms with Crippen molar-refractivity contribution in [1.29, 1.82) is 0 Å². The zero-order valence-corrected chi connectivity index (χ0v) is 15.9. The third-order valence-electron chi connectivity index (χ3n) is 5.16. The molecule has 26 heavy (non-hydrogen) atoms. The Hall–Kier alpha value is -2.31. The molecule has 0 spiro atoms. The number of nitrogens with two attached hydrogens (primary N) is 1. The van der Waals surface area contributed by atoms with Gasteiger partial charge in [-0.3, -0.25) is 4.90 Å². The third kappa shape index (κ3) is 3.35. The lowest BCUT2D eigenvalue weighted by molar-refractivity contribution is 0.00578. The first-order chi connectivity index (χ1) is 12.1. The average Bonchev–Trinajstić information content (AvgIpc) is 2.76. The molecule has 3 rings (SSSR count). The molecule has 6 heteroatoms. The van der Waals surface area contributed by atoms with E-state index in [1.165, 1.54) is 4.90 Å². The van der Waals surface area contributed by atoms with Crippen LogP contribution in [0.25, 0.3) is 0 Å². The number of nitrogens with zero attached hydrogens (tertiary/aromatic N) is 1. The van der Waals surface area contributed by atoms with Crippen molar-refractivity contribution in [2.45, 2.75) is 45.8 Å². The molecule has 0 unspecified atom stereocenters. The van der Waals surface area contributed by atoms with E-state index < -0.39 is 24.4 Å². The molecule has 0 radical (unpaired) electrons. The Kier molecular flexibility index (Phi) is 4.59. The van der Waals surface area contributed by atoms with Gasteiger partial charge in [-0.2, -0.15) is 0 Å². The van der Waals surface area contributed by atoms with Gasteiger partial charge in [0.15, 0.2) is 0 Å². The summed E-state index contributed by atoms with van der Waals surface area (Å²) < 4.78 is 12.1. The quantitative estimate of drug-likeness (QED) is 0.860. The second-order valence-corrected chi connectivity index (χ2v) is 7.69. The number of benzene rings is 2. The van der Waals surface area contributed by atoms with Crippen LogP contribution in [0.3, 0.4) is 0 Å². The Morgan fingerprint density at radius 3 is 2.04 bits per heavy atom. The fourth-order valence-electron chi connectivity index (χ4n) is 2.93. The zero-order valence-electron chi connectivity index (χ0n) is 15.9. The van der Waals surface area contributed by atoms with Gasteiger partial charge < -0.3 is 15.0 Å². The number of carbonyl (C=O) groups is 1. The van der Waals surface area contributed by atoms with Crippen LogP contribution in [0.1, 0.15) is 33.3 Å². The summed E-state index contributed by atoms with van der Waals surface area (Å²) in [6, 6.07) is 14.7. The fraction of sp³-hybridized carbons (Fsp3) is 0.350. The Labute approximate surface area is 155 Å². The maximum Gasteiger partial charge on any atom is 0.494 e. The van der Waals surface area contributed by atoms with Crippen molar-refractivity contribution in [3.63, 3.8) is 0 Å². The molecule has 0 aromatic heterocycles. The first-order valence-electron chi connectivity index (χ1n) is 8.72. The fourth-order valence-corrected chi connectivity index (χ4v) is 2.93. The van der Waals surface area contributed by atoms with Crippen molar-refractivity contribution in [2.75, 3.05) is 4.90 Å². The van der Waals surface area contributed by atoms with Gasteiger partial charge in [-0.15, -0.1) is 0 Å². The molecule has 0 atom stereocenters. The summed E-state index contributed by atoms with van der Waals surface area (Å²) in [7, 11) is -0.435. The highest BCUT2D eigenvalue weighted by molar-refractivity contribution is 6.62. The molecule has 2 amide bonds. The number of urea groups is 1. The standard InChI is InChI=1S/C20H25BN2O3/c1-14-7-6-8-17(13-14)23(18(22)24)16-11-9-15(10-12-16)21-25-19(2,3)20(4,5)26-21/h6-13H,1-5H3,(H2,22,24). The second kappa shape index (κ2) is 6.45. The maximum absolute atomic E-state index is 12.0. The van der Waals surface area contributed by atoms with Gasteiger partial charge in [0.2, 0.25) is 0 Å². The minimum absolute atomic E-state index is 0.392. The Morgan fingerprint density at radius 1 is 0.962 bits per heavy atom. The number of hydrogen-bond acceptors (Lipinski definition) is 3. The number of amides is 2. The van der Waals surface area contributed by atoms with Crippen molar-refractivity contribution in [2.24, 2.45) is 5.73 Å². The van der Waals surface area contributed by atoms with Gasteiger partial charge in [0.1, 0.15) is 0 Å². The van der Waals surface area contributed by atoms with E-state index in [0.29, 0.717) is 5.69 Å². The highest BCUT2D eigenvalue weighted by Crippen LogP contribution is 2.36. The van der Waals surface area contributed by atoms with Gasteiger partial charge >= 0.3 is 13.1 Å². The average molecular weight is 352 g/mol. The molecule has 2 N–H and O–H groups in total. The van der Waals surface area contributed by atoms with E-state index in [1.807, 2.05) is 83.1 Å². The van der Waals surface area contributed by atoms with Crippen molar-refractivity contribution < 1.29 is 14.1 Å². The lowest BCUT2D eigenvalue weighted by Gasteiger charge is -2.32. The van der Waals surface area contributed by atoms with E-state index in [0.717, 1.165) is 16.7 Å². The number of aryl methyl sites for hydroxylation is 1. The molecule has 136 valence electrons. The predicted octanol–water partition coefficient (Wildman–Crippen LogP) is 3.51. The molecular formula is C20H25BN2O3. The van der Waals surface area contributed by atoms with Crippen LogP contribution in [-0.4, -0.2) is 24.4 Å². The van der Waals surface area contributed by atoms with Crippen molar-refractivity contribution in [3.05, 3.63) is 54.1 Å². The number of anilines is 2. The first-order valence-corrected chi connectivity index (χ1v) is 8.72. The van der Waals surface area contributed by atoms with E-state index in [-0.39, 0.29) is 0 Å². The normalized spacial score (nSPS) is 18.0. The number of hydrogen-bond donors (Lipinski definition) is 1. The Morgan fingerprint density at radius 2 is 1.54 bits per heavy atom. The zero-order chi connectivity index (χ0) is 19.1. The van der Waals surface area contributed by atoms with Crippen LogP contribution in [0.5, 0.6) is 0 Å². The van der Waals surface area contributed by atoms with E-state index in [2.05, 4.69) is 0 Å². The summed E-state index contributed by atoms with van der Waals surface area (Å²) in [6.45, 7) is 10.1. The smallest absolute Gasteiger partial charge is 0.399 e. The van der Waals surface area contributed by atoms with Crippen molar-refractivity contribution in [3.8, 4) is 0 Å². The number of carbonyl (C=O) groups excluding carboxylic acids is 1. The van der Waals surface area contributed by atoms with Gasteiger partial charge in [0.05, 0.1) is 22.6 Å². The number of rotatable bonds is 3. The minimum atomic E-state index is -0.529. The highest BCUT2D eigenvalue weighted by Gasteiger charge is 2.51. The molecule has 1 aliphatic heterocycles. The molecular weight excluding hydrogens is 327 g/mol. The van der Waals surface area contributed by atoms with Gasteiger partial charge in [0.25, 0.3) is 0 Å². The summed E-state index contributed by atoms with van der Waals surface area (Å²) in [5.41, 5.74) is 8.23. The van der Waals surface area contributed by atoms with Crippen molar-refractivity contribution >= 4 is 30.0 Å². The molecule has 1 fully saturated rings. The molecule has 1 saturated heterocycles. The topological polar surface area (TPSA) is 64.8 Å². The van der Waals surface area contributed by atoms with E-state index in [9.17, 15) is 4.79 Å². The largest absolute Gasteiger partial charge is 0.494 e. The summed E-state index contributed by atoms with van der Waals surface area (Å²) in [5.74, 6) is 0. The van der Waals surface area contributed by atoms with Gasteiger partial charge in [-0.1, -0.05) is 24.3 Å². The monoisotopic (exact) mass is 352 g/mol. The van der Waals surface area contributed by atoms with Crippen LogP contribution in [-0.2, 0) is 9.31 Å². The van der Waals surface area contributed by atoms with Crippen molar-refractivity contribution in [1.82, 2.24) is 0 Å². The molecule has 5 nitrogen and oxygen atoms in total. The molecule has 1 heterocycles. The van der Waals surface area contributed by atoms with Gasteiger partial charge in [-0.05, 0) is 69.9 Å². The van der Waals surface area contributed by atoms with Crippen LogP contribution < -0.4 is 16.1 Å². The van der Waals surface area contributed by atoms with E-state index in [4.69, 9.17) is 15.0 Å². The molecule has 0 bridgehead atoms. The Balaban J connectivity index is 1.88. The molecule has 2 aromatic carbocycles. The second-order valence-electron chi connectivity index (χ2n) is 7.69. The van der Waals surface area contributed by atoms with Crippen LogP contribution >= 0.6 is 0 Å². The summed E-state index contributed by atoms with van der Waals surface area (Å²) >= 11 is 0. The van der Waals surface area contributed by atoms with Crippen LogP contribution in [0.4, 0.5) is 16.2 Å². The van der Waals surface area contributed by atoms with Gasteiger partial charge in [0, 0.05) is 0 Å². The lowest BCUT2D eigenvalue weighted by atomic mass is 9.79. The highest BCUT2D eigenvalue weighted by atomic mass is 16.7. The number of primary amides is 1. The molecule has 2 aromatic rings. The minimum Gasteiger partial charge on any atom is -0.399 e. The van der Waals surface area contributed by atoms with Crippen LogP contribution in [0.2, 0.25) is 0 Å². The summed E-state index contributed by atoms with van der Waals surface area (Å²) in [5, 5.41) is 0. The summed E-state index contributed by atoms with van der Waals surface area (Å²) in [6.07, 6.45) is 0. The molecule has 0 saturated carbocycles. The Bertz CT molecular complexity index is 802. The SMILES string of the molecule is Cc1cccc(N(C(N)=O)c2ccc(B3OC(C)(C)C(C)(C)O3)cc2)c1. The van der Waals surface area contributed by atoms with Crippen LogP contribution in [0.15, 0.2) is 48.5 Å². The first kappa shape index (κ1) is 18.5. The molecule has 0 aliphatic carbocycles. The molecule has 1 aliphatic rings. The van der Waals surface area contributed by atoms with E-state index in [1.54, 1.807) is 0 Å².